The minimum Gasteiger partial charge on any atom is -0.616 e. The zero-order valence-electron chi connectivity index (χ0n) is 15.1. The first-order valence-electron chi connectivity index (χ1n) is 10.0. The third-order valence-corrected chi connectivity index (χ3v) is 11.0. The van der Waals surface area contributed by atoms with Gasteiger partial charge in [0.25, 0.3) is 0 Å². The quantitative estimate of drug-likeness (QED) is 0.675. The minimum absolute atomic E-state index is 0.492. The van der Waals surface area contributed by atoms with Crippen LogP contribution in [-0.4, -0.2) is 27.1 Å². The van der Waals surface area contributed by atoms with Crippen LogP contribution >= 0.6 is 11.8 Å². The molecule has 4 rings (SSSR count). The lowest BCUT2D eigenvalue weighted by Gasteiger charge is -2.28. The molecular weight excluding hydrogens is 320 g/mol. The van der Waals surface area contributed by atoms with E-state index in [0.29, 0.717) is 0 Å². The van der Waals surface area contributed by atoms with Gasteiger partial charge >= 0.3 is 0 Å². The second kappa shape index (κ2) is 6.76. The molecule has 8 unspecified atom stereocenters. The van der Waals surface area contributed by atoms with E-state index < -0.39 is 11.2 Å². The highest BCUT2D eigenvalue weighted by molar-refractivity contribution is 8.00. The molecule has 1 nitrogen and oxygen atoms in total. The highest BCUT2D eigenvalue weighted by Gasteiger charge is 2.50. The van der Waals surface area contributed by atoms with Gasteiger partial charge < -0.3 is 4.55 Å². The molecule has 0 bridgehead atoms. The lowest BCUT2D eigenvalue weighted by molar-refractivity contribution is 0.238. The van der Waals surface area contributed by atoms with Gasteiger partial charge in [0.2, 0.25) is 0 Å². The van der Waals surface area contributed by atoms with Crippen LogP contribution in [0.5, 0.6) is 0 Å². The van der Waals surface area contributed by atoms with Crippen LogP contribution in [0.3, 0.4) is 0 Å². The Labute approximate surface area is 150 Å². The largest absolute Gasteiger partial charge is 0.616 e. The third-order valence-electron chi connectivity index (χ3n) is 7.91. The summed E-state index contributed by atoms with van der Waals surface area (Å²) in [6.45, 7) is 7.40. The number of fused-ring (bicyclic) bond motifs is 2. The number of hydrogen-bond acceptors (Lipinski definition) is 2. The smallest absolute Gasteiger partial charge is 0.109 e. The second-order valence-corrected chi connectivity index (χ2v) is 12.2. The number of thioether (sulfide) groups is 1. The van der Waals surface area contributed by atoms with Crippen LogP contribution < -0.4 is 0 Å². The fourth-order valence-corrected chi connectivity index (χ4v) is 10.7. The van der Waals surface area contributed by atoms with E-state index in [2.05, 4.69) is 32.5 Å². The predicted molar refractivity (Wildman–Crippen MR) is 102 cm³/mol. The van der Waals surface area contributed by atoms with E-state index in [-0.39, 0.29) is 0 Å². The van der Waals surface area contributed by atoms with Crippen molar-refractivity contribution in [3.63, 3.8) is 0 Å². The molecule has 0 aromatic rings. The lowest BCUT2D eigenvalue weighted by Crippen LogP contribution is -2.26. The maximum absolute atomic E-state index is 11.9. The standard InChI is InChI=1S/C20H34OS2/c1-12(2)15-6-7-17-18(15)9-22-20(17)8-13(3)16-5-4-14-10-23(21)11-19(14)16/h12-20H,4-11H2,1-3H3/t13?,14?,15?,16-,17?,18?,19?,20?,23?/m1/s1. The van der Waals surface area contributed by atoms with Gasteiger partial charge in [0, 0.05) is 17.1 Å². The van der Waals surface area contributed by atoms with Crippen molar-refractivity contribution in [1.82, 2.24) is 0 Å². The second-order valence-electron chi connectivity index (χ2n) is 9.34. The first kappa shape index (κ1) is 17.1. The maximum Gasteiger partial charge on any atom is 0.109 e. The van der Waals surface area contributed by atoms with Gasteiger partial charge in [-0.25, -0.2) is 0 Å². The first-order chi connectivity index (χ1) is 11.0. The lowest BCUT2D eigenvalue weighted by atomic mass is 9.78. The van der Waals surface area contributed by atoms with Crippen molar-refractivity contribution in [1.29, 1.82) is 0 Å². The van der Waals surface area contributed by atoms with Gasteiger partial charge in [-0.3, -0.25) is 0 Å². The summed E-state index contributed by atoms with van der Waals surface area (Å²) in [5.74, 6) is 10.8. The molecule has 0 N–H and O–H groups in total. The minimum atomic E-state index is -0.492. The zero-order chi connectivity index (χ0) is 16.1. The van der Waals surface area contributed by atoms with Gasteiger partial charge in [-0.15, -0.1) is 0 Å². The van der Waals surface area contributed by atoms with E-state index in [9.17, 15) is 4.55 Å². The summed E-state index contributed by atoms with van der Waals surface area (Å²) in [6, 6.07) is 0. The molecule has 3 heteroatoms. The van der Waals surface area contributed by atoms with E-state index in [1.807, 2.05) is 0 Å². The summed E-state index contributed by atoms with van der Waals surface area (Å²) in [5, 5.41) is 0.935. The molecule has 0 radical (unpaired) electrons. The molecule has 132 valence electrons. The monoisotopic (exact) mass is 354 g/mol. The van der Waals surface area contributed by atoms with Gasteiger partial charge in [0.1, 0.15) is 11.5 Å². The zero-order valence-corrected chi connectivity index (χ0v) is 16.7. The van der Waals surface area contributed by atoms with Gasteiger partial charge in [-0.2, -0.15) is 11.8 Å². The molecule has 4 fully saturated rings. The molecule has 0 aromatic heterocycles. The maximum atomic E-state index is 11.9. The van der Waals surface area contributed by atoms with Crippen molar-refractivity contribution in [2.24, 2.45) is 47.3 Å². The summed E-state index contributed by atoms with van der Waals surface area (Å²) in [4.78, 5) is 0. The predicted octanol–water partition coefficient (Wildman–Crippen LogP) is 4.83. The summed E-state index contributed by atoms with van der Waals surface area (Å²) < 4.78 is 11.9. The average molecular weight is 355 g/mol. The van der Waals surface area contributed by atoms with E-state index in [1.54, 1.807) is 0 Å². The molecule has 4 aliphatic rings. The van der Waals surface area contributed by atoms with E-state index in [1.165, 1.54) is 37.9 Å². The molecule has 0 spiro atoms. The Morgan fingerprint density at radius 1 is 0.957 bits per heavy atom. The van der Waals surface area contributed by atoms with Gasteiger partial charge in [0.15, 0.2) is 0 Å². The van der Waals surface area contributed by atoms with Crippen molar-refractivity contribution >= 4 is 22.9 Å². The summed E-state index contributed by atoms with van der Waals surface area (Å²) in [7, 11) is 0. The van der Waals surface area contributed by atoms with Crippen LogP contribution in [0.2, 0.25) is 0 Å². The topological polar surface area (TPSA) is 23.1 Å². The van der Waals surface area contributed by atoms with E-state index >= 15 is 0 Å². The molecular formula is C20H34OS2. The van der Waals surface area contributed by atoms with Gasteiger partial charge in [0.05, 0.1) is 0 Å². The fourth-order valence-electron chi connectivity index (χ4n) is 6.69. The molecule has 2 saturated heterocycles. The molecule has 2 heterocycles. The van der Waals surface area contributed by atoms with Crippen molar-refractivity contribution in [2.75, 3.05) is 17.3 Å². The summed E-state index contributed by atoms with van der Waals surface area (Å²) in [6.07, 6.45) is 7.22. The van der Waals surface area contributed by atoms with Crippen molar-refractivity contribution in [2.45, 2.75) is 58.1 Å². The Hall–Kier alpha value is 0.660. The van der Waals surface area contributed by atoms with Crippen LogP contribution in [0.25, 0.3) is 0 Å². The molecule has 0 amide bonds. The van der Waals surface area contributed by atoms with Crippen LogP contribution in [-0.2, 0) is 11.2 Å². The Morgan fingerprint density at radius 2 is 1.74 bits per heavy atom. The van der Waals surface area contributed by atoms with Crippen LogP contribution in [0.4, 0.5) is 0 Å². The third kappa shape index (κ3) is 3.12. The first-order valence-corrected chi connectivity index (χ1v) is 12.5. The Balaban J connectivity index is 1.36. The van der Waals surface area contributed by atoms with Crippen LogP contribution in [0.1, 0.15) is 52.9 Å². The Bertz CT molecular complexity index is 426. The van der Waals surface area contributed by atoms with Gasteiger partial charge in [-0.1, -0.05) is 31.9 Å². The van der Waals surface area contributed by atoms with E-state index in [0.717, 1.165) is 64.1 Å². The average Bonchev–Trinajstić information content (AvgIpc) is 3.19. The van der Waals surface area contributed by atoms with Crippen molar-refractivity contribution < 1.29 is 4.55 Å². The molecule has 2 saturated carbocycles. The Kier molecular flexibility index (Phi) is 5.02. The molecule has 2 aliphatic heterocycles. The molecule has 23 heavy (non-hydrogen) atoms. The Morgan fingerprint density at radius 3 is 2.52 bits per heavy atom. The van der Waals surface area contributed by atoms with Crippen LogP contribution in [0, 0.1) is 47.3 Å². The number of hydrogen-bond donors (Lipinski definition) is 0. The molecule has 9 atom stereocenters. The van der Waals surface area contributed by atoms with Crippen molar-refractivity contribution in [3.05, 3.63) is 0 Å². The molecule has 0 aromatic carbocycles. The van der Waals surface area contributed by atoms with Crippen LogP contribution in [0.15, 0.2) is 0 Å². The SMILES string of the molecule is CC(C)C1CCC2C(CC(C)[C@H]3CCC4C[S+]([O-])CC43)SCC12. The fraction of sp³-hybridized carbons (Fsp3) is 1.00. The number of rotatable bonds is 4. The summed E-state index contributed by atoms with van der Waals surface area (Å²) >= 11 is 1.82. The van der Waals surface area contributed by atoms with Crippen molar-refractivity contribution in [3.8, 4) is 0 Å². The highest BCUT2D eigenvalue weighted by Crippen LogP contribution is 2.55. The highest BCUT2D eigenvalue weighted by atomic mass is 32.2. The van der Waals surface area contributed by atoms with E-state index in [4.69, 9.17) is 0 Å². The summed E-state index contributed by atoms with van der Waals surface area (Å²) in [5.41, 5.74) is 0. The normalized spacial score (nSPS) is 50.5. The van der Waals surface area contributed by atoms with Gasteiger partial charge in [-0.05, 0) is 73.4 Å². The molecule has 2 aliphatic carbocycles.